The van der Waals surface area contributed by atoms with E-state index in [2.05, 4.69) is 24.8 Å². The van der Waals surface area contributed by atoms with Crippen LogP contribution >= 0.6 is 46.2 Å². The summed E-state index contributed by atoms with van der Waals surface area (Å²) in [6, 6.07) is 41.7. The van der Waals surface area contributed by atoms with E-state index in [1.165, 1.54) is 69.5 Å². The summed E-state index contributed by atoms with van der Waals surface area (Å²) in [6.07, 6.45) is 15.7. The number of hydrogen-bond acceptors (Lipinski definition) is 14. The smallest absolute Gasteiger partial charge is 0.350 e. The first kappa shape index (κ1) is 59.9. The van der Waals surface area contributed by atoms with Crippen LogP contribution in [0.5, 0.6) is 0 Å². The van der Waals surface area contributed by atoms with Crippen molar-refractivity contribution in [3.05, 3.63) is 141 Å². The molecule has 410 valence electrons. The molecular weight excluding hydrogens is 1080 g/mol. The highest BCUT2D eigenvalue weighted by atomic mass is 32.1. The van der Waals surface area contributed by atoms with Crippen LogP contribution in [0.1, 0.15) is 119 Å². The fourth-order valence-corrected chi connectivity index (χ4v) is 12.4. The van der Waals surface area contributed by atoms with Crippen LogP contribution in [0.25, 0.3) is 49.0 Å². The SMILES string of the molecule is CCCCCCCCOC(=O)/C(C#N)=C/c1ccc(-c2ccc(N(c3ccc(-c4ccc(C=C5C(=O)N(CC)C(=S)N(CC)C5=O)s4)cc3)c3ccc(-c4ccc(/C(C#N)=C(\C#N)C(=O)OCCCCCCCC)s4)cc3)cc2)s1. The van der Waals surface area contributed by atoms with Crippen LogP contribution in [0.15, 0.2) is 126 Å². The van der Waals surface area contributed by atoms with Crippen molar-refractivity contribution in [2.24, 2.45) is 0 Å². The highest BCUT2D eigenvalue weighted by Gasteiger charge is 2.38. The predicted molar refractivity (Wildman–Crippen MR) is 327 cm³/mol. The van der Waals surface area contributed by atoms with Gasteiger partial charge in [0.1, 0.15) is 29.4 Å². The molecule has 16 heteroatoms. The van der Waals surface area contributed by atoms with Crippen LogP contribution < -0.4 is 4.90 Å². The summed E-state index contributed by atoms with van der Waals surface area (Å²) in [5.41, 5.74) is 5.07. The van der Waals surface area contributed by atoms with E-state index >= 15 is 0 Å². The number of carbonyl (C=O) groups excluding carboxylic acids is 4. The first-order valence-electron chi connectivity index (χ1n) is 27.3. The van der Waals surface area contributed by atoms with E-state index in [9.17, 15) is 35.0 Å². The van der Waals surface area contributed by atoms with Gasteiger partial charge in [-0.2, -0.15) is 15.8 Å². The molecule has 0 bridgehead atoms. The molecule has 0 aliphatic carbocycles. The molecule has 0 radical (unpaired) electrons. The summed E-state index contributed by atoms with van der Waals surface area (Å²) >= 11 is 9.71. The van der Waals surface area contributed by atoms with Crippen molar-refractivity contribution in [3.8, 4) is 49.5 Å². The number of benzene rings is 3. The fraction of sp³-hybridized carbons (Fsp3) is 0.312. The fourth-order valence-electron chi connectivity index (χ4n) is 9.06. The summed E-state index contributed by atoms with van der Waals surface area (Å²) in [5, 5.41) is 30.3. The van der Waals surface area contributed by atoms with Crippen molar-refractivity contribution >= 4 is 110 Å². The average Bonchev–Trinajstić information content (AvgIpc) is 4.28. The number of amides is 2. The topological polar surface area (TPSA) is 168 Å². The molecule has 0 N–H and O–H groups in total. The van der Waals surface area contributed by atoms with E-state index in [0.717, 1.165) is 103 Å². The predicted octanol–water partition coefficient (Wildman–Crippen LogP) is 16.2. The number of likely N-dealkylation sites (N-methyl/N-ethyl adjacent to an activating group) is 2. The van der Waals surface area contributed by atoms with Gasteiger partial charge in [0.05, 0.1) is 18.8 Å². The minimum atomic E-state index is -0.793. The third-order valence-electron chi connectivity index (χ3n) is 13.4. The molecule has 1 aliphatic rings. The van der Waals surface area contributed by atoms with Gasteiger partial charge < -0.3 is 14.4 Å². The maximum Gasteiger partial charge on any atom is 0.350 e. The average molecular weight is 1140 g/mol. The van der Waals surface area contributed by atoms with Gasteiger partial charge in [-0.15, -0.1) is 34.0 Å². The standard InChI is InChI=1S/C64H64N6O6S4/c1-5-9-11-13-15-17-37-75-62(73)47(41-65)39-51-31-33-56(78-51)44-19-25-48(26-20-44)70(49-27-21-45(22-28-49)57-34-32-52(79-57)40-53-60(71)68(7-3)64(77)69(8-4)61(53)72)50-29-23-46(24-30-50)58-35-36-59(80-58)54(42-66)55(43-67)63(74)76-38-18-16-14-12-10-6-2/h19-36,39-40H,5-18,37-38H2,1-4H3/b47-39+,55-54+. The van der Waals surface area contributed by atoms with Crippen LogP contribution in [-0.4, -0.2) is 65.0 Å². The quantitative estimate of drug-likeness (QED) is 0.0120. The Morgan fingerprint density at radius 3 is 1.44 bits per heavy atom. The largest absolute Gasteiger partial charge is 0.462 e. The molecule has 80 heavy (non-hydrogen) atoms. The van der Waals surface area contributed by atoms with Crippen LogP contribution in [0.4, 0.5) is 17.1 Å². The van der Waals surface area contributed by atoms with Gasteiger partial charge in [-0.25, -0.2) is 9.59 Å². The van der Waals surface area contributed by atoms with Crippen molar-refractivity contribution in [1.82, 2.24) is 9.80 Å². The van der Waals surface area contributed by atoms with Crippen molar-refractivity contribution in [1.29, 1.82) is 15.8 Å². The van der Waals surface area contributed by atoms with E-state index in [1.54, 1.807) is 18.2 Å². The lowest BCUT2D eigenvalue weighted by molar-refractivity contribution is -0.139. The second kappa shape index (κ2) is 30.0. The van der Waals surface area contributed by atoms with Gasteiger partial charge in [-0.3, -0.25) is 19.4 Å². The molecule has 12 nitrogen and oxygen atoms in total. The Hall–Kier alpha value is -7.78. The number of thiocarbonyl (C=S) groups is 1. The number of nitriles is 3. The zero-order chi connectivity index (χ0) is 57.0. The third-order valence-corrected chi connectivity index (χ3v) is 17.2. The molecule has 6 aromatic rings. The van der Waals surface area contributed by atoms with E-state index in [-0.39, 0.29) is 40.6 Å². The number of esters is 2. The second-order valence-corrected chi connectivity index (χ2v) is 22.6. The summed E-state index contributed by atoms with van der Waals surface area (Å²) in [5.74, 6) is -2.22. The highest BCUT2D eigenvalue weighted by Crippen LogP contribution is 2.41. The number of rotatable bonds is 27. The van der Waals surface area contributed by atoms with Crippen molar-refractivity contribution in [2.45, 2.75) is 105 Å². The molecule has 0 unspecified atom stereocenters. The van der Waals surface area contributed by atoms with Gasteiger partial charge in [0.15, 0.2) is 10.7 Å². The number of unbranched alkanes of at least 4 members (excludes halogenated alkanes) is 10. The first-order chi connectivity index (χ1) is 39.0. The molecule has 3 aromatic heterocycles. The minimum absolute atomic E-state index is 0.0192. The van der Waals surface area contributed by atoms with Crippen LogP contribution in [0.2, 0.25) is 0 Å². The lowest BCUT2D eigenvalue weighted by atomic mass is 10.1. The number of thiophene rings is 3. The number of nitrogens with zero attached hydrogens (tertiary/aromatic N) is 6. The molecule has 3 aromatic carbocycles. The Labute approximate surface area is 487 Å². The Morgan fingerprint density at radius 2 is 0.975 bits per heavy atom. The molecule has 0 saturated carbocycles. The Bertz CT molecular complexity index is 3350. The van der Waals surface area contributed by atoms with Crippen LogP contribution in [-0.2, 0) is 28.7 Å². The normalized spacial score (nSPS) is 12.9. The summed E-state index contributed by atoms with van der Waals surface area (Å²) < 4.78 is 10.9. The Morgan fingerprint density at radius 1 is 0.537 bits per heavy atom. The molecule has 1 saturated heterocycles. The van der Waals surface area contributed by atoms with Crippen LogP contribution in [0, 0.1) is 34.0 Å². The maximum atomic E-state index is 13.4. The first-order valence-corrected chi connectivity index (χ1v) is 30.1. The number of hydrogen-bond donors (Lipinski definition) is 0. The summed E-state index contributed by atoms with van der Waals surface area (Å²) in [4.78, 5) is 62.4. The molecule has 4 heterocycles. The minimum Gasteiger partial charge on any atom is -0.462 e. The lowest BCUT2D eigenvalue weighted by Crippen LogP contribution is -2.55. The monoisotopic (exact) mass is 1140 g/mol. The lowest BCUT2D eigenvalue weighted by Gasteiger charge is -2.35. The molecule has 0 atom stereocenters. The Balaban J connectivity index is 1.14. The van der Waals surface area contributed by atoms with Gasteiger partial charge in [0, 0.05) is 59.4 Å². The Kier molecular flexibility index (Phi) is 22.4. The molecule has 1 fully saturated rings. The van der Waals surface area contributed by atoms with E-state index in [4.69, 9.17) is 21.7 Å². The van der Waals surface area contributed by atoms with Crippen molar-refractivity contribution < 1.29 is 28.7 Å². The summed E-state index contributed by atoms with van der Waals surface area (Å²) in [7, 11) is 0. The molecule has 2 amide bonds. The number of carbonyl (C=O) groups is 4. The zero-order valence-corrected chi connectivity index (χ0v) is 48.9. The molecule has 0 spiro atoms. The zero-order valence-electron chi connectivity index (χ0n) is 45.6. The van der Waals surface area contributed by atoms with Gasteiger partial charge in [-0.05, 0) is 141 Å². The van der Waals surface area contributed by atoms with E-state index in [0.29, 0.717) is 24.4 Å². The third kappa shape index (κ3) is 15.1. The van der Waals surface area contributed by atoms with Gasteiger partial charge in [0.2, 0.25) is 0 Å². The van der Waals surface area contributed by atoms with Gasteiger partial charge >= 0.3 is 11.9 Å². The van der Waals surface area contributed by atoms with Crippen LogP contribution in [0.3, 0.4) is 0 Å². The number of anilines is 3. The van der Waals surface area contributed by atoms with Crippen molar-refractivity contribution in [2.75, 3.05) is 31.2 Å². The molecular formula is C64H64N6O6S4. The number of ether oxygens (including phenoxy) is 2. The summed E-state index contributed by atoms with van der Waals surface area (Å²) in [6.45, 7) is 9.18. The second-order valence-electron chi connectivity index (χ2n) is 18.9. The van der Waals surface area contributed by atoms with E-state index in [1.807, 2.05) is 129 Å². The maximum absolute atomic E-state index is 13.4. The van der Waals surface area contributed by atoms with E-state index < -0.39 is 23.8 Å². The van der Waals surface area contributed by atoms with Gasteiger partial charge in [0.25, 0.3) is 11.8 Å². The highest BCUT2D eigenvalue weighted by molar-refractivity contribution is 7.80. The van der Waals surface area contributed by atoms with Gasteiger partial charge in [-0.1, -0.05) is 114 Å². The van der Waals surface area contributed by atoms with Crippen molar-refractivity contribution in [3.63, 3.8) is 0 Å². The molecule has 7 rings (SSSR count). The number of allylic oxidation sites excluding steroid dienone is 1. The molecule has 1 aliphatic heterocycles.